The van der Waals surface area contributed by atoms with Crippen LogP contribution in [0.3, 0.4) is 0 Å². The van der Waals surface area contributed by atoms with Gasteiger partial charge in [0.1, 0.15) is 0 Å². The Morgan fingerprint density at radius 3 is 2.05 bits per heavy atom. The Hall–Kier alpha value is -1.23. The molecule has 100 valence electrons. The Bertz CT molecular complexity index is 461. The van der Waals surface area contributed by atoms with Crippen LogP contribution in [0.2, 0.25) is 0 Å². The van der Waals surface area contributed by atoms with Crippen molar-refractivity contribution in [2.75, 3.05) is 0 Å². The predicted molar refractivity (Wildman–Crippen MR) is 66.4 cm³/mol. The van der Waals surface area contributed by atoms with Gasteiger partial charge in [0.25, 0.3) is 0 Å². The molecule has 0 unspecified atom stereocenters. The van der Waals surface area contributed by atoms with Gasteiger partial charge in [0.05, 0.1) is 18.3 Å². The van der Waals surface area contributed by atoms with E-state index < -0.39 is 5.97 Å². The van der Waals surface area contributed by atoms with E-state index in [9.17, 15) is 4.79 Å². The van der Waals surface area contributed by atoms with Crippen molar-refractivity contribution in [3.05, 3.63) is 35.9 Å². The maximum Gasteiger partial charge on any atom is 0.347 e. The van der Waals surface area contributed by atoms with Crippen molar-refractivity contribution in [2.45, 2.75) is 50.0 Å². The molecule has 0 aromatic heterocycles. The standard InChI is InChI=1S/C15H16O4/c16-14(6-10-4-2-1-3-5-10)15-17-11-7-12(18-15)9-13(8-11)19-15/h1-5,11-13H,6-9H2. The molecule has 3 heterocycles. The number of ketones is 1. The fraction of sp³-hybridized carbons (Fsp3) is 0.533. The first-order valence-corrected chi connectivity index (χ1v) is 6.84. The molecule has 1 aromatic carbocycles. The van der Waals surface area contributed by atoms with Crippen molar-refractivity contribution in [1.82, 2.24) is 0 Å². The molecule has 1 saturated carbocycles. The van der Waals surface area contributed by atoms with Crippen LogP contribution in [0.4, 0.5) is 0 Å². The highest BCUT2D eigenvalue weighted by Crippen LogP contribution is 2.45. The van der Waals surface area contributed by atoms with Crippen molar-refractivity contribution < 1.29 is 19.0 Å². The first kappa shape index (κ1) is 11.6. The summed E-state index contributed by atoms with van der Waals surface area (Å²) in [6.45, 7) is 0. The molecule has 0 atom stereocenters. The quantitative estimate of drug-likeness (QED) is 0.831. The molecule has 0 radical (unpaired) electrons. The van der Waals surface area contributed by atoms with Crippen LogP contribution in [0.5, 0.6) is 0 Å². The first-order chi connectivity index (χ1) is 9.23. The van der Waals surface area contributed by atoms with Crippen LogP contribution in [-0.2, 0) is 25.4 Å². The molecule has 4 heteroatoms. The normalized spacial score (nSPS) is 39.5. The van der Waals surface area contributed by atoms with Crippen molar-refractivity contribution in [3.8, 4) is 0 Å². The van der Waals surface area contributed by atoms with Crippen molar-refractivity contribution in [2.24, 2.45) is 0 Å². The van der Waals surface area contributed by atoms with Crippen molar-refractivity contribution >= 4 is 5.78 Å². The molecule has 3 aliphatic heterocycles. The number of hydrogen-bond donors (Lipinski definition) is 0. The Balaban J connectivity index is 1.56. The third-order valence-corrected chi connectivity index (χ3v) is 4.09. The molecule has 19 heavy (non-hydrogen) atoms. The molecule has 5 rings (SSSR count). The Morgan fingerprint density at radius 2 is 1.53 bits per heavy atom. The lowest BCUT2D eigenvalue weighted by Gasteiger charge is -2.54. The highest BCUT2D eigenvalue weighted by atomic mass is 16.9. The highest BCUT2D eigenvalue weighted by Gasteiger charge is 2.58. The number of carbonyl (C=O) groups excluding carboxylic acids is 1. The van der Waals surface area contributed by atoms with Gasteiger partial charge < -0.3 is 14.2 Å². The van der Waals surface area contributed by atoms with Crippen LogP contribution < -0.4 is 0 Å². The number of rotatable bonds is 3. The molecule has 1 aromatic rings. The smallest absolute Gasteiger partial charge is 0.318 e. The third-order valence-electron chi connectivity index (χ3n) is 4.09. The summed E-state index contributed by atoms with van der Waals surface area (Å²) < 4.78 is 17.3. The maximum atomic E-state index is 12.5. The third kappa shape index (κ3) is 1.91. The van der Waals surface area contributed by atoms with E-state index >= 15 is 0 Å². The zero-order valence-corrected chi connectivity index (χ0v) is 10.6. The molecule has 0 spiro atoms. The van der Waals surface area contributed by atoms with Gasteiger partial charge in [-0.1, -0.05) is 30.3 Å². The summed E-state index contributed by atoms with van der Waals surface area (Å²) in [4.78, 5) is 12.5. The molecule has 0 amide bonds. The number of hydrogen-bond acceptors (Lipinski definition) is 4. The van der Waals surface area contributed by atoms with Gasteiger partial charge in [0.15, 0.2) is 0 Å². The number of ether oxygens (including phenoxy) is 3. The molecule has 4 fully saturated rings. The largest absolute Gasteiger partial charge is 0.347 e. The topological polar surface area (TPSA) is 44.8 Å². The summed E-state index contributed by atoms with van der Waals surface area (Å²) in [5, 5.41) is 0. The Morgan fingerprint density at radius 1 is 1.00 bits per heavy atom. The van der Waals surface area contributed by atoms with Crippen LogP contribution in [0.1, 0.15) is 24.8 Å². The zero-order valence-electron chi connectivity index (χ0n) is 10.6. The minimum atomic E-state index is -1.43. The average molecular weight is 260 g/mol. The lowest BCUT2D eigenvalue weighted by Crippen LogP contribution is -2.65. The van der Waals surface area contributed by atoms with Crippen LogP contribution in [-0.4, -0.2) is 30.1 Å². The minimum absolute atomic E-state index is 0.117. The summed E-state index contributed by atoms with van der Waals surface area (Å²) in [6, 6.07) is 9.63. The first-order valence-electron chi connectivity index (χ1n) is 6.84. The Kier molecular flexibility index (Phi) is 2.52. The molecule has 0 N–H and O–H groups in total. The van der Waals surface area contributed by atoms with Gasteiger partial charge in [0.2, 0.25) is 5.78 Å². The maximum absolute atomic E-state index is 12.5. The molecule has 4 aliphatic rings. The fourth-order valence-electron chi connectivity index (χ4n) is 3.29. The molecular formula is C15H16O4. The zero-order chi connectivity index (χ0) is 12.9. The number of Topliss-reactive ketones (excluding diaryl/α,β-unsaturated/α-hetero) is 1. The SMILES string of the molecule is O=C(Cc1ccccc1)C12OC3CC(CC(C3)O1)O2. The van der Waals surface area contributed by atoms with Crippen LogP contribution in [0.15, 0.2) is 30.3 Å². The van der Waals surface area contributed by atoms with E-state index in [0.717, 1.165) is 24.8 Å². The van der Waals surface area contributed by atoms with E-state index in [1.54, 1.807) is 0 Å². The summed E-state index contributed by atoms with van der Waals surface area (Å²) in [6.07, 6.45) is 3.30. The van der Waals surface area contributed by atoms with Gasteiger partial charge >= 0.3 is 5.97 Å². The number of carbonyl (C=O) groups is 1. The molecule has 4 nitrogen and oxygen atoms in total. The lowest BCUT2D eigenvalue weighted by molar-refractivity contribution is -0.468. The van der Waals surface area contributed by atoms with Crippen LogP contribution in [0, 0.1) is 0 Å². The molecule has 3 saturated heterocycles. The average Bonchev–Trinajstić information content (AvgIpc) is 2.38. The summed E-state index contributed by atoms with van der Waals surface area (Å²) in [5.41, 5.74) is 0.957. The van der Waals surface area contributed by atoms with E-state index in [4.69, 9.17) is 14.2 Å². The second-order valence-electron chi connectivity index (χ2n) is 5.57. The Labute approximate surface area is 111 Å². The van der Waals surface area contributed by atoms with E-state index in [1.807, 2.05) is 30.3 Å². The van der Waals surface area contributed by atoms with E-state index in [2.05, 4.69) is 0 Å². The summed E-state index contributed by atoms with van der Waals surface area (Å²) in [5.74, 6) is -1.55. The fourth-order valence-corrected chi connectivity index (χ4v) is 3.29. The molecular weight excluding hydrogens is 244 g/mol. The van der Waals surface area contributed by atoms with E-state index in [0.29, 0.717) is 0 Å². The van der Waals surface area contributed by atoms with Gasteiger partial charge in [-0.05, 0) is 5.56 Å². The summed E-state index contributed by atoms with van der Waals surface area (Å²) >= 11 is 0. The second kappa shape index (κ2) is 4.13. The van der Waals surface area contributed by atoms with Crippen LogP contribution >= 0.6 is 0 Å². The number of benzene rings is 1. The van der Waals surface area contributed by atoms with Crippen LogP contribution in [0.25, 0.3) is 0 Å². The molecule has 4 bridgehead atoms. The van der Waals surface area contributed by atoms with Crippen molar-refractivity contribution in [3.63, 3.8) is 0 Å². The monoisotopic (exact) mass is 260 g/mol. The van der Waals surface area contributed by atoms with Gasteiger partial charge in [-0.3, -0.25) is 4.79 Å². The van der Waals surface area contributed by atoms with E-state index in [1.165, 1.54) is 0 Å². The van der Waals surface area contributed by atoms with Gasteiger partial charge in [-0.25, -0.2) is 0 Å². The van der Waals surface area contributed by atoms with Gasteiger partial charge in [-0.15, -0.1) is 0 Å². The summed E-state index contributed by atoms with van der Waals surface area (Å²) in [7, 11) is 0. The second-order valence-corrected chi connectivity index (χ2v) is 5.57. The molecule has 1 aliphatic carbocycles. The van der Waals surface area contributed by atoms with Gasteiger partial charge in [0, 0.05) is 25.7 Å². The highest BCUT2D eigenvalue weighted by molar-refractivity contribution is 5.86. The van der Waals surface area contributed by atoms with E-state index in [-0.39, 0.29) is 30.5 Å². The van der Waals surface area contributed by atoms with Crippen molar-refractivity contribution in [1.29, 1.82) is 0 Å². The lowest BCUT2D eigenvalue weighted by atomic mass is 9.88. The minimum Gasteiger partial charge on any atom is -0.318 e. The predicted octanol–water partition coefficient (Wildman–Crippen LogP) is 1.82. The van der Waals surface area contributed by atoms with Gasteiger partial charge in [-0.2, -0.15) is 0 Å².